The van der Waals surface area contributed by atoms with Crippen molar-refractivity contribution in [2.75, 3.05) is 0 Å². The van der Waals surface area contributed by atoms with Crippen LogP contribution in [0.3, 0.4) is 0 Å². The molecular formula is C11H8ClNO3S2. The summed E-state index contributed by atoms with van der Waals surface area (Å²) in [6, 6.07) is 5.20. The number of hydrogen-bond donors (Lipinski definition) is 2. The zero-order chi connectivity index (χ0) is 13.3. The molecule has 0 aliphatic heterocycles. The Balaban J connectivity index is 2.44. The number of aliphatic hydroxyl groups excluding tert-OH is 1. The van der Waals surface area contributed by atoms with Gasteiger partial charge in [0.25, 0.3) is 0 Å². The van der Waals surface area contributed by atoms with Crippen LogP contribution in [0.15, 0.2) is 18.2 Å². The van der Waals surface area contributed by atoms with Crippen LogP contribution in [0.25, 0.3) is 10.2 Å². The third-order valence-corrected chi connectivity index (χ3v) is 3.99. The molecule has 94 valence electrons. The number of halogens is 1. The third-order valence-electron chi connectivity index (χ3n) is 2.34. The number of aliphatic carboxylic acids is 1. The summed E-state index contributed by atoms with van der Waals surface area (Å²) in [7, 11) is 0. The van der Waals surface area contributed by atoms with Crippen LogP contribution in [0.5, 0.6) is 0 Å². The number of thiocarbonyl (C=S) groups is 1. The summed E-state index contributed by atoms with van der Waals surface area (Å²) in [5.41, 5.74) is 0.714. The summed E-state index contributed by atoms with van der Waals surface area (Å²) in [4.78, 5) is 15.0. The van der Waals surface area contributed by atoms with Gasteiger partial charge < -0.3 is 10.2 Å². The normalized spacial score (nSPS) is 12.5. The van der Waals surface area contributed by atoms with Crippen molar-refractivity contribution in [2.45, 2.75) is 12.3 Å². The van der Waals surface area contributed by atoms with Gasteiger partial charge in [0, 0.05) is 5.02 Å². The maximum Gasteiger partial charge on any atom is 0.304 e. The van der Waals surface area contributed by atoms with Gasteiger partial charge in [0.15, 0.2) is 5.05 Å². The number of aromatic nitrogens is 1. The van der Waals surface area contributed by atoms with Gasteiger partial charge >= 0.3 is 5.97 Å². The quantitative estimate of drug-likeness (QED) is 0.847. The minimum absolute atomic E-state index is 0.275. The molecule has 1 atom stereocenters. The van der Waals surface area contributed by atoms with Crippen molar-refractivity contribution in [1.82, 2.24) is 4.98 Å². The van der Waals surface area contributed by atoms with Crippen molar-refractivity contribution in [1.29, 1.82) is 0 Å². The van der Waals surface area contributed by atoms with Crippen molar-refractivity contribution in [3.8, 4) is 0 Å². The van der Waals surface area contributed by atoms with Crippen LogP contribution in [0, 0.1) is 0 Å². The van der Waals surface area contributed by atoms with Gasteiger partial charge in [-0.05, 0) is 30.4 Å². The lowest BCUT2D eigenvalue weighted by atomic mass is 10.1. The zero-order valence-electron chi connectivity index (χ0n) is 8.96. The Morgan fingerprint density at radius 2 is 2.22 bits per heavy atom. The van der Waals surface area contributed by atoms with Crippen molar-refractivity contribution in [3.63, 3.8) is 0 Å². The van der Waals surface area contributed by atoms with E-state index in [4.69, 9.17) is 16.7 Å². The maximum absolute atomic E-state index is 10.7. The average Bonchev–Trinajstić information content (AvgIpc) is 2.67. The average molecular weight is 302 g/mol. The summed E-state index contributed by atoms with van der Waals surface area (Å²) in [5.74, 6) is -1.79. The van der Waals surface area contributed by atoms with E-state index in [1.54, 1.807) is 18.2 Å². The van der Waals surface area contributed by atoms with Crippen LogP contribution in [-0.2, 0) is 4.79 Å². The molecule has 18 heavy (non-hydrogen) atoms. The highest BCUT2D eigenvalue weighted by Crippen LogP contribution is 2.31. The van der Waals surface area contributed by atoms with Crippen LogP contribution >= 0.6 is 35.2 Å². The first kappa shape index (κ1) is 13.2. The highest BCUT2D eigenvalue weighted by molar-refractivity contribution is 7.80. The summed E-state index contributed by atoms with van der Waals surface area (Å²) in [5, 5.41) is 18.9. The van der Waals surface area contributed by atoms with Gasteiger partial charge in [-0.2, -0.15) is 0 Å². The Morgan fingerprint density at radius 1 is 1.50 bits per heavy atom. The molecule has 1 unspecified atom stereocenters. The van der Waals surface area contributed by atoms with Crippen molar-refractivity contribution in [3.05, 3.63) is 28.2 Å². The van der Waals surface area contributed by atoms with E-state index >= 15 is 0 Å². The molecule has 0 aliphatic rings. The van der Waals surface area contributed by atoms with Gasteiger partial charge in [-0.25, -0.2) is 4.98 Å². The van der Waals surface area contributed by atoms with E-state index in [9.17, 15) is 9.90 Å². The number of carboxylic acids is 1. The van der Waals surface area contributed by atoms with E-state index in [1.807, 2.05) is 0 Å². The van der Waals surface area contributed by atoms with Crippen molar-refractivity contribution < 1.29 is 15.0 Å². The maximum atomic E-state index is 10.7. The molecular weight excluding hydrogens is 294 g/mol. The number of carboxylic acid groups (broad SMARTS) is 1. The molecule has 0 amide bonds. The number of thiazole rings is 1. The molecule has 0 radical (unpaired) electrons. The predicted octanol–water partition coefficient (Wildman–Crippen LogP) is 3.39. The standard InChI is InChI=1S/C11H8ClNO3S2/c12-5-1-2-7-8(3-5)18-10(13-7)6(11(16)17)4-9(14)15/h1-3,6H,4H2,(H,14,15)(H,16,17). The molecule has 1 aromatic carbocycles. The summed E-state index contributed by atoms with van der Waals surface area (Å²) in [6.07, 6.45) is -0.275. The first-order chi connectivity index (χ1) is 8.47. The van der Waals surface area contributed by atoms with E-state index in [-0.39, 0.29) is 11.5 Å². The molecule has 0 fully saturated rings. The number of rotatable bonds is 4. The van der Waals surface area contributed by atoms with E-state index in [2.05, 4.69) is 17.2 Å². The molecule has 1 aromatic heterocycles. The smallest absolute Gasteiger partial charge is 0.304 e. The second kappa shape index (κ2) is 5.17. The fourth-order valence-corrected chi connectivity index (χ4v) is 3.14. The number of nitrogens with zero attached hydrogens (tertiary/aromatic N) is 1. The second-order valence-electron chi connectivity index (χ2n) is 3.65. The third kappa shape index (κ3) is 2.77. The Kier molecular flexibility index (Phi) is 3.79. The highest BCUT2D eigenvalue weighted by Gasteiger charge is 2.23. The summed E-state index contributed by atoms with van der Waals surface area (Å²) < 4.78 is 0.837. The first-order valence-corrected chi connectivity index (χ1v) is 6.58. The van der Waals surface area contributed by atoms with Gasteiger partial charge in [-0.15, -0.1) is 11.3 Å². The molecule has 0 saturated heterocycles. The van der Waals surface area contributed by atoms with Gasteiger partial charge in [-0.3, -0.25) is 4.79 Å². The Labute approximate surface area is 117 Å². The fraction of sp³-hybridized carbons (Fsp3) is 0.182. The SMILES string of the molecule is O=C(O)CC(C(O)=S)c1nc2ccc(Cl)cc2s1. The van der Waals surface area contributed by atoms with Gasteiger partial charge in [0.1, 0.15) is 5.01 Å². The minimum atomic E-state index is -1.03. The molecule has 0 aliphatic carbocycles. The van der Waals surface area contributed by atoms with Crippen LogP contribution in [0.2, 0.25) is 5.02 Å². The van der Waals surface area contributed by atoms with E-state index < -0.39 is 11.9 Å². The molecule has 7 heteroatoms. The van der Waals surface area contributed by atoms with Gasteiger partial charge in [0.05, 0.1) is 22.6 Å². The molecule has 0 saturated carbocycles. The lowest BCUT2D eigenvalue weighted by molar-refractivity contribution is -0.137. The van der Waals surface area contributed by atoms with Crippen LogP contribution in [0.4, 0.5) is 0 Å². The van der Waals surface area contributed by atoms with Crippen LogP contribution in [-0.4, -0.2) is 26.2 Å². The molecule has 4 nitrogen and oxygen atoms in total. The highest BCUT2D eigenvalue weighted by atomic mass is 35.5. The second-order valence-corrected chi connectivity index (χ2v) is 5.57. The van der Waals surface area contributed by atoms with E-state index in [0.717, 1.165) is 4.70 Å². The zero-order valence-corrected chi connectivity index (χ0v) is 11.3. The van der Waals surface area contributed by atoms with Crippen LogP contribution < -0.4 is 0 Å². The molecule has 2 N–H and O–H groups in total. The number of hydrogen-bond acceptors (Lipinski definition) is 4. The number of aliphatic hydroxyl groups is 1. The Morgan fingerprint density at radius 3 is 2.83 bits per heavy atom. The lowest BCUT2D eigenvalue weighted by Gasteiger charge is -2.07. The monoisotopic (exact) mass is 301 g/mol. The Bertz CT molecular complexity index is 626. The van der Waals surface area contributed by atoms with Gasteiger partial charge in [0.2, 0.25) is 0 Å². The molecule has 2 aromatic rings. The van der Waals surface area contributed by atoms with Gasteiger partial charge in [-0.1, -0.05) is 11.6 Å². The molecule has 0 bridgehead atoms. The fourth-order valence-electron chi connectivity index (χ4n) is 1.52. The molecule has 0 spiro atoms. The molecule has 1 heterocycles. The summed E-state index contributed by atoms with van der Waals surface area (Å²) >= 11 is 11.8. The first-order valence-electron chi connectivity index (χ1n) is 4.98. The topological polar surface area (TPSA) is 70.4 Å². The largest absolute Gasteiger partial charge is 0.501 e. The minimum Gasteiger partial charge on any atom is -0.501 e. The summed E-state index contributed by atoms with van der Waals surface area (Å²) in [6.45, 7) is 0. The predicted molar refractivity (Wildman–Crippen MR) is 74.9 cm³/mol. The Hall–Kier alpha value is -1.24. The number of carbonyl (C=O) groups is 1. The number of benzene rings is 1. The van der Waals surface area contributed by atoms with Crippen molar-refractivity contribution in [2.24, 2.45) is 0 Å². The van der Waals surface area contributed by atoms with Crippen molar-refractivity contribution >= 4 is 56.4 Å². The van der Waals surface area contributed by atoms with Crippen LogP contribution in [0.1, 0.15) is 17.3 Å². The molecule has 2 rings (SSSR count). The van der Waals surface area contributed by atoms with E-state index in [0.29, 0.717) is 15.5 Å². The number of fused-ring (bicyclic) bond motifs is 1. The van der Waals surface area contributed by atoms with E-state index in [1.165, 1.54) is 11.3 Å². The lowest BCUT2D eigenvalue weighted by Crippen LogP contribution is -2.14.